The fourth-order valence-electron chi connectivity index (χ4n) is 2.53. The van der Waals surface area contributed by atoms with E-state index in [0.717, 1.165) is 0 Å². The SMILES string of the molecule is CC1CN(S(=O)(=O)c2ccc(-n3cnnn3)cc2)CC(C)O1. The minimum Gasteiger partial charge on any atom is -0.373 e. The van der Waals surface area contributed by atoms with Crippen LogP contribution < -0.4 is 0 Å². The van der Waals surface area contributed by atoms with E-state index in [0.29, 0.717) is 18.8 Å². The molecular formula is C13H17N5O3S. The van der Waals surface area contributed by atoms with E-state index in [-0.39, 0.29) is 17.1 Å². The normalized spacial score (nSPS) is 23.5. The van der Waals surface area contributed by atoms with Gasteiger partial charge in [-0.05, 0) is 48.5 Å². The zero-order chi connectivity index (χ0) is 15.7. The molecule has 118 valence electrons. The molecule has 3 rings (SSSR count). The van der Waals surface area contributed by atoms with Gasteiger partial charge in [-0.2, -0.15) is 4.31 Å². The highest BCUT2D eigenvalue weighted by Gasteiger charge is 2.32. The second-order valence-electron chi connectivity index (χ2n) is 5.33. The van der Waals surface area contributed by atoms with Gasteiger partial charge in [-0.3, -0.25) is 0 Å². The molecule has 2 unspecified atom stereocenters. The molecule has 0 bridgehead atoms. The summed E-state index contributed by atoms with van der Waals surface area (Å²) in [5.41, 5.74) is 0.702. The lowest BCUT2D eigenvalue weighted by molar-refractivity contribution is -0.0440. The van der Waals surface area contributed by atoms with Crippen molar-refractivity contribution in [2.45, 2.75) is 31.0 Å². The van der Waals surface area contributed by atoms with E-state index in [1.807, 2.05) is 13.8 Å². The molecule has 2 aromatic rings. The summed E-state index contributed by atoms with van der Waals surface area (Å²) in [7, 11) is -3.52. The zero-order valence-electron chi connectivity index (χ0n) is 12.3. The molecule has 1 aromatic heterocycles. The number of hydrogen-bond donors (Lipinski definition) is 0. The maximum absolute atomic E-state index is 12.7. The van der Waals surface area contributed by atoms with Gasteiger partial charge in [0, 0.05) is 13.1 Å². The maximum atomic E-state index is 12.7. The second kappa shape index (κ2) is 5.75. The summed E-state index contributed by atoms with van der Waals surface area (Å²) in [6, 6.07) is 6.49. The molecule has 0 aliphatic carbocycles. The average molecular weight is 323 g/mol. The Labute approximate surface area is 128 Å². The molecule has 0 spiro atoms. The minimum atomic E-state index is -3.52. The van der Waals surface area contributed by atoms with Crippen molar-refractivity contribution in [3.05, 3.63) is 30.6 Å². The highest BCUT2D eigenvalue weighted by Crippen LogP contribution is 2.21. The van der Waals surface area contributed by atoms with Crippen LogP contribution >= 0.6 is 0 Å². The van der Waals surface area contributed by atoms with Crippen LogP contribution in [0.15, 0.2) is 35.5 Å². The van der Waals surface area contributed by atoms with Crippen molar-refractivity contribution in [1.82, 2.24) is 24.5 Å². The molecule has 1 aromatic carbocycles. The monoisotopic (exact) mass is 323 g/mol. The lowest BCUT2D eigenvalue weighted by Gasteiger charge is -2.34. The van der Waals surface area contributed by atoms with Crippen molar-refractivity contribution >= 4 is 10.0 Å². The van der Waals surface area contributed by atoms with Gasteiger partial charge < -0.3 is 4.74 Å². The van der Waals surface area contributed by atoms with Gasteiger partial charge in [-0.15, -0.1) is 5.10 Å². The Morgan fingerprint density at radius 2 is 1.77 bits per heavy atom. The molecular weight excluding hydrogens is 306 g/mol. The van der Waals surface area contributed by atoms with Gasteiger partial charge >= 0.3 is 0 Å². The van der Waals surface area contributed by atoms with Gasteiger partial charge in [-0.1, -0.05) is 0 Å². The Balaban J connectivity index is 1.86. The summed E-state index contributed by atoms with van der Waals surface area (Å²) in [5, 5.41) is 10.9. The number of aromatic nitrogens is 4. The van der Waals surface area contributed by atoms with E-state index in [4.69, 9.17) is 4.74 Å². The van der Waals surface area contributed by atoms with Crippen molar-refractivity contribution in [2.75, 3.05) is 13.1 Å². The van der Waals surface area contributed by atoms with E-state index in [2.05, 4.69) is 15.5 Å². The van der Waals surface area contributed by atoms with Crippen LogP contribution in [0.2, 0.25) is 0 Å². The van der Waals surface area contributed by atoms with Gasteiger partial charge in [-0.25, -0.2) is 13.1 Å². The summed E-state index contributed by atoms with van der Waals surface area (Å²) in [6.07, 6.45) is 1.23. The fraction of sp³-hybridized carbons (Fsp3) is 0.462. The third-order valence-corrected chi connectivity index (χ3v) is 5.32. The number of benzene rings is 1. The van der Waals surface area contributed by atoms with Crippen LogP contribution in [0.5, 0.6) is 0 Å². The average Bonchev–Trinajstić information content (AvgIpc) is 3.00. The van der Waals surface area contributed by atoms with E-state index < -0.39 is 10.0 Å². The van der Waals surface area contributed by atoms with Gasteiger partial charge in [0.05, 0.1) is 22.8 Å². The van der Waals surface area contributed by atoms with Crippen LogP contribution in [0.1, 0.15) is 13.8 Å². The lowest BCUT2D eigenvalue weighted by atomic mass is 10.3. The van der Waals surface area contributed by atoms with E-state index in [1.165, 1.54) is 15.3 Å². The molecule has 1 aliphatic rings. The standard InChI is InChI=1S/C13H17N5O3S/c1-10-7-17(8-11(2)21-10)22(19,20)13-5-3-12(4-6-13)18-9-14-15-16-18/h3-6,9-11H,7-8H2,1-2H3. The van der Waals surface area contributed by atoms with Crippen molar-refractivity contribution in [3.63, 3.8) is 0 Å². The summed E-state index contributed by atoms with van der Waals surface area (Å²) in [4.78, 5) is 0.255. The van der Waals surface area contributed by atoms with E-state index in [1.54, 1.807) is 24.3 Å². The second-order valence-corrected chi connectivity index (χ2v) is 7.27. The van der Waals surface area contributed by atoms with Gasteiger partial charge in [0.25, 0.3) is 0 Å². The van der Waals surface area contributed by atoms with Crippen molar-refractivity contribution in [1.29, 1.82) is 0 Å². The predicted octanol–water partition coefficient (Wildman–Crippen LogP) is 0.460. The first-order chi connectivity index (χ1) is 10.5. The van der Waals surface area contributed by atoms with Crippen molar-refractivity contribution in [3.8, 4) is 5.69 Å². The number of ether oxygens (including phenoxy) is 1. The first-order valence-corrected chi connectivity index (χ1v) is 8.40. The van der Waals surface area contributed by atoms with Crippen LogP contribution in [0.4, 0.5) is 0 Å². The molecule has 1 fully saturated rings. The molecule has 0 radical (unpaired) electrons. The predicted molar refractivity (Wildman–Crippen MR) is 77.9 cm³/mol. The number of rotatable bonds is 3. The van der Waals surface area contributed by atoms with Crippen molar-refractivity contribution < 1.29 is 13.2 Å². The fourth-order valence-corrected chi connectivity index (χ4v) is 4.12. The summed E-state index contributed by atoms with van der Waals surface area (Å²) in [5.74, 6) is 0. The molecule has 1 aliphatic heterocycles. The summed E-state index contributed by atoms with van der Waals surface area (Å²) >= 11 is 0. The number of morpholine rings is 1. The number of nitrogens with zero attached hydrogens (tertiary/aromatic N) is 5. The van der Waals surface area contributed by atoms with Crippen molar-refractivity contribution in [2.24, 2.45) is 0 Å². The highest BCUT2D eigenvalue weighted by molar-refractivity contribution is 7.89. The largest absolute Gasteiger partial charge is 0.373 e. The quantitative estimate of drug-likeness (QED) is 0.815. The van der Waals surface area contributed by atoms with E-state index >= 15 is 0 Å². The Hall–Kier alpha value is -1.84. The highest BCUT2D eigenvalue weighted by atomic mass is 32.2. The Morgan fingerprint density at radius 1 is 1.14 bits per heavy atom. The zero-order valence-corrected chi connectivity index (χ0v) is 13.1. The van der Waals surface area contributed by atoms with Crippen LogP contribution in [-0.2, 0) is 14.8 Å². The van der Waals surface area contributed by atoms with Crippen LogP contribution in [0.3, 0.4) is 0 Å². The van der Waals surface area contributed by atoms with Gasteiger partial charge in [0.15, 0.2) is 0 Å². The van der Waals surface area contributed by atoms with Crippen LogP contribution in [-0.4, -0.2) is 58.2 Å². The molecule has 2 atom stereocenters. The molecule has 0 amide bonds. The molecule has 8 nitrogen and oxygen atoms in total. The Morgan fingerprint density at radius 3 is 2.32 bits per heavy atom. The molecule has 9 heteroatoms. The summed E-state index contributed by atoms with van der Waals surface area (Å²) in [6.45, 7) is 4.47. The first kappa shape index (κ1) is 15.1. The molecule has 1 saturated heterocycles. The van der Waals surface area contributed by atoms with Gasteiger partial charge in [0.2, 0.25) is 10.0 Å². The molecule has 22 heavy (non-hydrogen) atoms. The van der Waals surface area contributed by atoms with Crippen LogP contribution in [0.25, 0.3) is 5.69 Å². The number of tetrazole rings is 1. The van der Waals surface area contributed by atoms with Gasteiger partial charge in [0.1, 0.15) is 6.33 Å². The molecule has 2 heterocycles. The third kappa shape index (κ3) is 2.87. The van der Waals surface area contributed by atoms with Crippen LogP contribution in [0, 0.1) is 0 Å². The summed E-state index contributed by atoms with van der Waals surface area (Å²) < 4.78 is 33.9. The molecule has 0 N–H and O–H groups in total. The Bertz CT molecular complexity index is 720. The number of sulfonamides is 1. The number of hydrogen-bond acceptors (Lipinski definition) is 6. The minimum absolute atomic E-state index is 0.112. The smallest absolute Gasteiger partial charge is 0.243 e. The lowest BCUT2D eigenvalue weighted by Crippen LogP contribution is -2.48. The Kier molecular flexibility index (Phi) is 3.94. The maximum Gasteiger partial charge on any atom is 0.243 e. The third-order valence-electron chi connectivity index (χ3n) is 3.47. The first-order valence-electron chi connectivity index (χ1n) is 6.96. The van der Waals surface area contributed by atoms with E-state index in [9.17, 15) is 8.42 Å². The molecule has 0 saturated carbocycles. The topological polar surface area (TPSA) is 90.2 Å².